The zero-order valence-corrected chi connectivity index (χ0v) is 24.8. The van der Waals surface area contributed by atoms with Gasteiger partial charge in [-0.25, -0.2) is 4.79 Å². The van der Waals surface area contributed by atoms with Crippen molar-refractivity contribution < 1.29 is 23.9 Å². The number of benzene rings is 2. The minimum atomic E-state index is -0.488. The molecule has 0 spiro atoms. The van der Waals surface area contributed by atoms with Gasteiger partial charge < -0.3 is 15.0 Å². The fourth-order valence-electron chi connectivity index (χ4n) is 7.53. The Morgan fingerprint density at radius 1 is 1.02 bits per heavy atom. The van der Waals surface area contributed by atoms with Crippen LogP contribution >= 0.6 is 34.7 Å². The summed E-state index contributed by atoms with van der Waals surface area (Å²) in [4.78, 5) is 69.6. The number of likely N-dealkylation sites (tertiary alicyclic amines) is 1. The number of nitrogens with zero attached hydrogens (tertiary/aromatic N) is 1. The maximum Gasteiger partial charge on any atom is 0.338 e. The SMILES string of the molecule is CCOC(=O)c1ccc(NC(=O)CN2C(=O)C3C4CC(C3C2=O)C2C(c3ccc(Cl)cc3)c3sc(=O)[nH]c3SC42)cc1. The zero-order valence-electron chi connectivity index (χ0n) is 22.4. The number of carbonyl (C=O) groups excluding carboxylic acids is 4. The van der Waals surface area contributed by atoms with Crippen molar-refractivity contribution in [3.05, 3.63) is 79.2 Å². The first kappa shape index (κ1) is 27.4. The van der Waals surface area contributed by atoms with Crippen LogP contribution in [-0.2, 0) is 19.1 Å². The van der Waals surface area contributed by atoms with Crippen molar-refractivity contribution in [3.63, 3.8) is 0 Å². The molecule has 9 nitrogen and oxygen atoms in total. The molecule has 7 unspecified atom stereocenters. The van der Waals surface area contributed by atoms with Gasteiger partial charge in [-0.2, -0.15) is 0 Å². The van der Waals surface area contributed by atoms with Crippen LogP contribution in [0.15, 0.2) is 58.4 Å². The number of anilines is 1. The summed E-state index contributed by atoms with van der Waals surface area (Å²) < 4.78 is 4.98. The van der Waals surface area contributed by atoms with Gasteiger partial charge in [0.2, 0.25) is 17.7 Å². The lowest BCUT2D eigenvalue weighted by atomic mass is 9.68. The number of aromatic amines is 1. The summed E-state index contributed by atoms with van der Waals surface area (Å²) in [5, 5.41) is 4.26. The Morgan fingerprint density at radius 3 is 2.40 bits per heavy atom. The van der Waals surface area contributed by atoms with E-state index < -0.39 is 23.7 Å². The number of amides is 3. The van der Waals surface area contributed by atoms with E-state index in [4.69, 9.17) is 16.3 Å². The van der Waals surface area contributed by atoms with Gasteiger partial charge in [-0.15, -0.1) is 11.8 Å². The van der Waals surface area contributed by atoms with Gasteiger partial charge in [0, 0.05) is 26.8 Å². The van der Waals surface area contributed by atoms with E-state index in [0.29, 0.717) is 16.3 Å². The van der Waals surface area contributed by atoms with Crippen molar-refractivity contribution in [1.29, 1.82) is 0 Å². The number of ether oxygens (including phenoxy) is 1. The first-order valence-electron chi connectivity index (χ1n) is 13.8. The maximum atomic E-state index is 13.8. The standard InChI is InChI=1S/C30H26ClN3O6S2/c1-2-40-29(38)14-5-9-16(10-6-14)32-19(35)12-34-27(36)22-17-11-18(23(22)28(34)37)24-21(17)20(13-3-7-15(31)8-4-13)25-26(41-24)33-30(39)42-25/h3-10,17-18,20-24H,2,11-12H2,1H3,(H,32,35)(H,33,39). The molecule has 2 aromatic carbocycles. The van der Waals surface area contributed by atoms with Crippen LogP contribution in [0, 0.1) is 29.6 Å². The molecular formula is C30H26ClN3O6S2. The molecule has 0 radical (unpaired) electrons. The van der Waals surface area contributed by atoms with Gasteiger partial charge in [-0.3, -0.25) is 24.1 Å². The highest BCUT2D eigenvalue weighted by atomic mass is 35.5. The van der Waals surface area contributed by atoms with Crippen LogP contribution in [0.2, 0.25) is 5.02 Å². The van der Waals surface area contributed by atoms with Crippen LogP contribution in [0.4, 0.5) is 5.69 Å². The smallest absolute Gasteiger partial charge is 0.338 e. The van der Waals surface area contributed by atoms with Crippen LogP contribution in [-0.4, -0.2) is 52.0 Å². The molecule has 3 heterocycles. The highest BCUT2D eigenvalue weighted by Gasteiger charge is 2.69. The average molecular weight is 624 g/mol. The summed E-state index contributed by atoms with van der Waals surface area (Å²) in [5.74, 6) is -2.55. The Balaban J connectivity index is 1.12. The molecule has 1 aromatic heterocycles. The molecule has 3 amide bonds. The van der Waals surface area contributed by atoms with E-state index in [9.17, 15) is 24.0 Å². The Hall–Kier alpha value is -3.41. The molecule has 2 N–H and O–H groups in total. The molecule has 3 aromatic rings. The number of nitrogens with one attached hydrogen (secondary N) is 2. The fraction of sp³-hybridized carbons (Fsp3) is 0.367. The third-order valence-electron chi connectivity index (χ3n) is 9.03. The average Bonchev–Trinajstić information content (AvgIpc) is 3.70. The first-order chi connectivity index (χ1) is 20.2. The predicted molar refractivity (Wildman–Crippen MR) is 158 cm³/mol. The Labute approximate surface area is 254 Å². The van der Waals surface area contributed by atoms with Gasteiger partial charge in [0.1, 0.15) is 6.54 Å². The molecule has 12 heteroatoms. The molecule has 3 fully saturated rings. The molecule has 7 rings (SSSR count). The second kappa shape index (κ2) is 10.4. The van der Waals surface area contributed by atoms with E-state index in [0.717, 1.165) is 26.8 Å². The summed E-state index contributed by atoms with van der Waals surface area (Å²) in [6, 6.07) is 13.9. The van der Waals surface area contributed by atoms with Crippen molar-refractivity contribution in [1.82, 2.24) is 9.88 Å². The predicted octanol–water partition coefficient (Wildman–Crippen LogP) is 4.38. The zero-order chi connectivity index (χ0) is 29.3. The molecule has 4 aliphatic rings. The summed E-state index contributed by atoms with van der Waals surface area (Å²) in [7, 11) is 0. The number of aromatic nitrogens is 1. The first-order valence-corrected chi connectivity index (χ1v) is 15.9. The summed E-state index contributed by atoms with van der Waals surface area (Å²) in [6.07, 6.45) is 0.769. The topological polar surface area (TPSA) is 126 Å². The number of rotatable bonds is 6. The van der Waals surface area contributed by atoms with Gasteiger partial charge in [-0.1, -0.05) is 35.1 Å². The van der Waals surface area contributed by atoms with Gasteiger partial charge in [0.25, 0.3) is 0 Å². The number of esters is 1. The lowest BCUT2D eigenvalue weighted by molar-refractivity contribution is -0.143. The number of halogens is 1. The molecule has 2 aliphatic carbocycles. The highest BCUT2D eigenvalue weighted by molar-refractivity contribution is 8.00. The van der Waals surface area contributed by atoms with Crippen LogP contribution in [0.5, 0.6) is 0 Å². The van der Waals surface area contributed by atoms with Crippen molar-refractivity contribution in [2.45, 2.75) is 29.5 Å². The second-order valence-electron chi connectivity index (χ2n) is 11.1. The number of hydrogen-bond donors (Lipinski definition) is 2. The largest absolute Gasteiger partial charge is 0.462 e. The van der Waals surface area contributed by atoms with Gasteiger partial charge in [-0.05, 0) is 73.1 Å². The lowest BCUT2D eigenvalue weighted by Gasteiger charge is -2.43. The Kier molecular flexibility index (Phi) is 6.79. The monoisotopic (exact) mass is 623 g/mol. The van der Waals surface area contributed by atoms with E-state index in [1.165, 1.54) is 11.3 Å². The van der Waals surface area contributed by atoms with Crippen molar-refractivity contribution in [2.24, 2.45) is 29.6 Å². The van der Waals surface area contributed by atoms with Gasteiger partial charge in [0.15, 0.2) is 0 Å². The van der Waals surface area contributed by atoms with E-state index in [2.05, 4.69) is 10.3 Å². The van der Waals surface area contributed by atoms with Crippen LogP contribution in [0.25, 0.3) is 0 Å². The van der Waals surface area contributed by atoms with Gasteiger partial charge >= 0.3 is 10.8 Å². The minimum Gasteiger partial charge on any atom is -0.462 e. The molecule has 216 valence electrons. The van der Waals surface area contributed by atoms with E-state index >= 15 is 0 Å². The number of H-pyrrole nitrogens is 1. The van der Waals surface area contributed by atoms with Crippen molar-refractivity contribution >= 4 is 64.1 Å². The molecule has 42 heavy (non-hydrogen) atoms. The van der Waals surface area contributed by atoms with Crippen LogP contribution < -0.4 is 10.2 Å². The van der Waals surface area contributed by atoms with E-state index in [1.54, 1.807) is 43.0 Å². The number of carbonyl (C=O) groups is 4. The van der Waals surface area contributed by atoms with Crippen molar-refractivity contribution in [3.8, 4) is 0 Å². The molecule has 2 saturated carbocycles. The third kappa shape index (κ3) is 4.32. The molecule has 1 saturated heterocycles. The number of thiazole rings is 1. The van der Waals surface area contributed by atoms with Crippen molar-refractivity contribution in [2.75, 3.05) is 18.5 Å². The number of hydrogen-bond acceptors (Lipinski definition) is 8. The molecule has 2 bridgehead atoms. The van der Waals surface area contributed by atoms with Crippen LogP contribution in [0.1, 0.15) is 40.1 Å². The normalized spacial score (nSPS) is 28.8. The minimum absolute atomic E-state index is 0.0266. The third-order valence-corrected chi connectivity index (χ3v) is 11.9. The quantitative estimate of drug-likeness (QED) is 0.308. The van der Waals surface area contributed by atoms with Crippen LogP contribution in [0.3, 0.4) is 0 Å². The number of fused-ring (bicyclic) bond motifs is 9. The van der Waals surface area contributed by atoms with E-state index in [1.807, 2.05) is 24.3 Å². The molecule has 7 atom stereocenters. The lowest BCUT2D eigenvalue weighted by Crippen LogP contribution is -2.42. The fourth-order valence-corrected chi connectivity index (χ4v) is 10.5. The molecular weight excluding hydrogens is 598 g/mol. The number of imide groups is 1. The van der Waals surface area contributed by atoms with Gasteiger partial charge in [0.05, 0.1) is 29.0 Å². The maximum absolute atomic E-state index is 13.8. The highest BCUT2D eigenvalue weighted by Crippen LogP contribution is 2.68. The number of thioether (sulfide) groups is 1. The summed E-state index contributed by atoms with van der Waals surface area (Å²) in [6.45, 7) is 1.61. The Morgan fingerprint density at radius 2 is 1.71 bits per heavy atom. The molecule has 2 aliphatic heterocycles. The Bertz CT molecular complexity index is 1670. The second-order valence-corrected chi connectivity index (χ2v) is 13.8. The van der Waals surface area contributed by atoms with E-state index in [-0.39, 0.29) is 58.8 Å². The summed E-state index contributed by atoms with van der Waals surface area (Å²) >= 11 is 9.01. The summed E-state index contributed by atoms with van der Waals surface area (Å²) in [5.41, 5.74) is 1.84.